The van der Waals surface area contributed by atoms with Crippen molar-refractivity contribution < 1.29 is 22.7 Å². The van der Waals surface area contributed by atoms with E-state index in [1.165, 1.54) is 18.3 Å². The number of morpholine rings is 1. The largest absolute Gasteiger partial charge is 0.417 e. The molecule has 30 heavy (non-hydrogen) atoms. The summed E-state index contributed by atoms with van der Waals surface area (Å²) in [7, 11) is 1.81. The van der Waals surface area contributed by atoms with Gasteiger partial charge in [0.05, 0.1) is 29.9 Å². The van der Waals surface area contributed by atoms with Crippen LogP contribution in [0.25, 0.3) is 10.9 Å². The van der Waals surface area contributed by atoms with Gasteiger partial charge in [0.2, 0.25) is 0 Å². The maximum Gasteiger partial charge on any atom is 0.417 e. The summed E-state index contributed by atoms with van der Waals surface area (Å²) in [4.78, 5) is 19.1. The summed E-state index contributed by atoms with van der Waals surface area (Å²) >= 11 is 2.94. The van der Waals surface area contributed by atoms with Gasteiger partial charge in [-0.1, -0.05) is 15.9 Å². The van der Waals surface area contributed by atoms with Gasteiger partial charge in [0.1, 0.15) is 5.82 Å². The zero-order chi connectivity index (χ0) is 21.5. The van der Waals surface area contributed by atoms with E-state index in [1.807, 2.05) is 7.05 Å². The second-order valence-electron chi connectivity index (χ2n) is 6.93. The minimum atomic E-state index is -4.49. The average molecular weight is 483 g/mol. The molecule has 3 heterocycles. The number of benzene rings is 1. The van der Waals surface area contributed by atoms with Crippen LogP contribution in [0.15, 0.2) is 41.1 Å². The Hall–Kier alpha value is -2.59. The number of nitrogens with one attached hydrogen (secondary N) is 1. The summed E-state index contributed by atoms with van der Waals surface area (Å²) in [6, 6.07) is 5.67. The van der Waals surface area contributed by atoms with E-state index in [0.29, 0.717) is 48.6 Å². The van der Waals surface area contributed by atoms with Gasteiger partial charge in [0.25, 0.3) is 5.91 Å². The maximum absolute atomic E-state index is 13.2. The first-order valence-electron chi connectivity index (χ1n) is 9.20. The maximum atomic E-state index is 13.2. The second-order valence-corrected chi connectivity index (χ2v) is 7.79. The molecule has 0 unspecified atom stereocenters. The molecule has 6 nitrogen and oxygen atoms in total. The number of fused-ring (bicyclic) bond motifs is 1. The highest BCUT2D eigenvalue weighted by molar-refractivity contribution is 9.10. The molecule has 1 saturated heterocycles. The lowest BCUT2D eigenvalue weighted by molar-refractivity contribution is -0.138. The average Bonchev–Trinajstić information content (AvgIpc) is 3.11. The highest BCUT2D eigenvalue weighted by Crippen LogP contribution is 2.37. The number of anilines is 2. The Morgan fingerprint density at radius 2 is 1.97 bits per heavy atom. The van der Waals surface area contributed by atoms with Crippen molar-refractivity contribution in [2.45, 2.75) is 6.18 Å². The van der Waals surface area contributed by atoms with E-state index in [1.54, 1.807) is 21.7 Å². The monoisotopic (exact) mass is 482 g/mol. The molecule has 1 aromatic carbocycles. The van der Waals surface area contributed by atoms with Crippen LogP contribution in [0.5, 0.6) is 0 Å². The first-order chi connectivity index (χ1) is 14.3. The van der Waals surface area contributed by atoms with Crippen LogP contribution in [0.3, 0.4) is 0 Å². The zero-order valence-electron chi connectivity index (χ0n) is 16.0. The fraction of sp³-hybridized carbons (Fsp3) is 0.300. The van der Waals surface area contributed by atoms with Gasteiger partial charge in [-0.25, -0.2) is 4.98 Å². The summed E-state index contributed by atoms with van der Waals surface area (Å²) in [5.74, 6) is 0.228. The second kappa shape index (κ2) is 7.92. The molecule has 10 heteroatoms. The third kappa shape index (κ3) is 3.89. The third-order valence-corrected chi connectivity index (χ3v) is 5.66. The number of nitrogens with zero attached hydrogens (tertiary/aromatic N) is 3. The van der Waals surface area contributed by atoms with E-state index < -0.39 is 11.7 Å². The normalized spacial score (nSPS) is 14.9. The van der Waals surface area contributed by atoms with Crippen molar-refractivity contribution in [3.8, 4) is 0 Å². The quantitative estimate of drug-likeness (QED) is 0.593. The lowest BCUT2D eigenvalue weighted by Crippen LogP contribution is -2.40. The number of rotatable bonds is 3. The highest BCUT2D eigenvalue weighted by Gasteiger charge is 2.33. The van der Waals surface area contributed by atoms with Crippen LogP contribution in [0, 0.1) is 0 Å². The molecule has 2 aromatic heterocycles. The molecule has 158 valence electrons. The molecule has 1 aliphatic rings. The standard InChI is InChI=1S/C20H18BrF3N4O2/c1-27-5-4-13-17(27)14(19(29)28-6-8-30-9-7-28)11-25-18(13)26-12-2-3-16(21)15(10-12)20(22,23)24/h2-5,10-11H,6-9H2,1H3,(H,25,26). The molecule has 1 aliphatic heterocycles. The van der Waals surface area contributed by atoms with Crippen molar-refractivity contribution in [2.24, 2.45) is 7.05 Å². The number of pyridine rings is 1. The number of aryl methyl sites for hydroxylation is 1. The smallest absolute Gasteiger partial charge is 0.378 e. The van der Waals surface area contributed by atoms with Crippen molar-refractivity contribution in [3.63, 3.8) is 0 Å². The van der Waals surface area contributed by atoms with Crippen molar-refractivity contribution in [2.75, 3.05) is 31.6 Å². The van der Waals surface area contributed by atoms with Crippen molar-refractivity contribution >= 4 is 44.2 Å². The van der Waals surface area contributed by atoms with Crippen LogP contribution >= 0.6 is 15.9 Å². The third-order valence-electron chi connectivity index (χ3n) is 4.97. The number of hydrogen-bond donors (Lipinski definition) is 1. The van der Waals surface area contributed by atoms with Crippen molar-refractivity contribution in [3.05, 3.63) is 52.3 Å². The molecule has 0 atom stereocenters. The van der Waals surface area contributed by atoms with Crippen LogP contribution in [-0.2, 0) is 18.0 Å². The van der Waals surface area contributed by atoms with Gasteiger partial charge >= 0.3 is 6.18 Å². The van der Waals surface area contributed by atoms with E-state index in [2.05, 4.69) is 26.2 Å². The summed E-state index contributed by atoms with van der Waals surface area (Å²) in [5, 5.41) is 3.60. The number of carbonyl (C=O) groups is 1. The molecule has 3 aromatic rings. The molecular weight excluding hydrogens is 465 g/mol. The Morgan fingerprint density at radius 3 is 2.67 bits per heavy atom. The van der Waals surface area contributed by atoms with Crippen LogP contribution in [0.1, 0.15) is 15.9 Å². The van der Waals surface area contributed by atoms with Crippen LogP contribution in [0.4, 0.5) is 24.7 Å². The Bertz CT molecular complexity index is 1110. The fourth-order valence-corrected chi connectivity index (χ4v) is 3.94. The molecule has 0 aliphatic carbocycles. The van der Waals surface area contributed by atoms with Crippen molar-refractivity contribution in [1.29, 1.82) is 0 Å². The van der Waals surface area contributed by atoms with Crippen LogP contribution in [0.2, 0.25) is 0 Å². The molecular formula is C20H18BrF3N4O2. The van der Waals surface area contributed by atoms with Gasteiger partial charge < -0.3 is 19.5 Å². The topological polar surface area (TPSA) is 59.4 Å². The van der Waals surface area contributed by atoms with Gasteiger partial charge in [0, 0.05) is 48.1 Å². The van der Waals surface area contributed by atoms with E-state index in [9.17, 15) is 18.0 Å². The Morgan fingerprint density at radius 1 is 1.23 bits per heavy atom. The Labute approximate surface area is 178 Å². The molecule has 4 rings (SSSR count). The first-order valence-corrected chi connectivity index (χ1v) is 10.00. The van der Waals surface area contributed by atoms with Gasteiger partial charge in [-0.05, 0) is 24.3 Å². The summed E-state index contributed by atoms with van der Waals surface area (Å²) in [6.07, 6.45) is -1.23. The predicted octanol–water partition coefficient (Wildman–Crippen LogP) is 4.57. The van der Waals surface area contributed by atoms with Crippen LogP contribution in [-0.4, -0.2) is 46.7 Å². The van der Waals surface area contributed by atoms with E-state index >= 15 is 0 Å². The molecule has 1 fully saturated rings. The first kappa shape index (κ1) is 20.7. The fourth-order valence-electron chi connectivity index (χ4n) is 3.47. The number of hydrogen-bond acceptors (Lipinski definition) is 4. The number of alkyl halides is 3. The van der Waals surface area contributed by atoms with Gasteiger partial charge in [-0.3, -0.25) is 4.79 Å². The number of aromatic nitrogens is 2. The summed E-state index contributed by atoms with van der Waals surface area (Å²) in [5.41, 5.74) is 0.570. The van der Waals surface area contributed by atoms with Crippen LogP contribution < -0.4 is 5.32 Å². The molecule has 1 N–H and O–H groups in total. The summed E-state index contributed by atoms with van der Waals surface area (Å²) < 4.78 is 46.7. The Balaban J connectivity index is 1.71. The van der Waals surface area contributed by atoms with Gasteiger partial charge in [0.15, 0.2) is 0 Å². The number of halogens is 4. The lowest BCUT2D eigenvalue weighted by Gasteiger charge is -2.27. The number of amides is 1. The number of ether oxygens (including phenoxy) is 1. The summed E-state index contributed by atoms with van der Waals surface area (Å²) in [6.45, 7) is 1.98. The SMILES string of the molecule is Cn1ccc2c(Nc3ccc(Br)c(C(F)(F)F)c3)ncc(C(=O)N3CCOCC3)c21. The molecule has 0 saturated carbocycles. The molecule has 0 bridgehead atoms. The zero-order valence-corrected chi connectivity index (χ0v) is 17.5. The molecule has 0 spiro atoms. The van der Waals surface area contributed by atoms with E-state index in [-0.39, 0.29) is 16.1 Å². The van der Waals surface area contributed by atoms with E-state index in [0.717, 1.165) is 6.07 Å². The lowest BCUT2D eigenvalue weighted by atomic mass is 10.1. The molecule has 0 radical (unpaired) electrons. The minimum Gasteiger partial charge on any atom is -0.378 e. The van der Waals surface area contributed by atoms with E-state index in [4.69, 9.17) is 4.74 Å². The van der Waals surface area contributed by atoms with Gasteiger partial charge in [-0.2, -0.15) is 13.2 Å². The number of carbonyl (C=O) groups excluding carboxylic acids is 1. The van der Waals surface area contributed by atoms with Gasteiger partial charge in [-0.15, -0.1) is 0 Å². The highest BCUT2D eigenvalue weighted by atomic mass is 79.9. The molecule has 1 amide bonds. The minimum absolute atomic E-state index is 0.0372. The predicted molar refractivity (Wildman–Crippen MR) is 110 cm³/mol. The Kier molecular flexibility index (Phi) is 5.46. The van der Waals surface area contributed by atoms with Crippen molar-refractivity contribution in [1.82, 2.24) is 14.5 Å².